The zero-order valence-electron chi connectivity index (χ0n) is 14.1. The number of amides is 1. The fraction of sp³-hybridized carbons (Fsp3) is 0.278. The Hall–Kier alpha value is -2.18. The van der Waals surface area contributed by atoms with E-state index < -0.39 is 15.9 Å². The minimum Gasteiger partial charge on any atom is -0.325 e. The predicted molar refractivity (Wildman–Crippen MR) is 95.6 cm³/mol. The summed E-state index contributed by atoms with van der Waals surface area (Å²) in [6.07, 6.45) is 0.782. The minimum atomic E-state index is -3.72. The van der Waals surface area contributed by atoms with Gasteiger partial charge in [-0.05, 0) is 43.5 Å². The monoisotopic (exact) mass is 346 g/mol. The molecular weight excluding hydrogens is 324 g/mol. The van der Waals surface area contributed by atoms with Crippen LogP contribution in [0, 0.1) is 13.8 Å². The van der Waals surface area contributed by atoms with Gasteiger partial charge < -0.3 is 5.32 Å². The van der Waals surface area contributed by atoms with Gasteiger partial charge in [0.05, 0.1) is 11.4 Å². The molecule has 2 aromatic carbocycles. The van der Waals surface area contributed by atoms with Gasteiger partial charge in [0.2, 0.25) is 15.9 Å². The van der Waals surface area contributed by atoms with E-state index in [2.05, 4.69) is 10.0 Å². The molecule has 24 heavy (non-hydrogen) atoms. The average molecular weight is 346 g/mol. The molecule has 0 fully saturated rings. The highest BCUT2D eigenvalue weighted by molar-refractivity contribution is 7.89. The van der Waals surface area contributed by atoms with Crippen LogP contribution in [0.25, 0.3) is 0 Å². The van der Waals surface area contributed by atoms with Gasteiger partial charge in [0, 0.05) is 5.69 Å². The Morgan fingerprint density at radius 2 is 1.79 bits per heavy atom. The molecule has 0 aliphatic rings. The maximum Gasteiger partial charge on any atom is 0.241 e. The summed E-state index contributed by atoms with van der Waals surface area (Å²) < 4.78 is 27.1. The number of rotatable bonds is 6. The van der Waals surface area contributed by atoms with Crippen molar-refractivity contribution < 1.29 is 13.2 Å². The standard InChI is InChI=1S/C18H22N2O3S/c1-4-15-7-5-6-8-16(15)20-18(21)12-19-24(22,23)17-10-9-13(2)11-14(17)3/h5-11,19H,4,12H2,1-3H3,(H,20,21). The number of sulfonamides is 1. The topological polar surface area (TPSA) is 75.3 Å². The number of hydrogen-bond acceptors (Lipinski definition) is 3. The van der Waals surface area contributed by atoms with E-state index in [1.54, 1.807) is 31.2 Å². The van der Waals surface area contributed by atoms with E-state index in [0.29, 0.717) is 11.3 Å². The van der Waals surface area contributed by atoms with Crippen molar-refractivity contribution in [2.75, 3.05) is 11.9 Å². The molecule has 0 saturated heterocycles. The van der Waals surface area contributed by atoms with Gasteiger partial charge in [-0.25, -0.2) is 13.1 Å². The van der Waals surface area contributed by atoms with E-state index in [-0.39, 0.29) is 11.4 Å². The van der Waals surface area contributed by atoms with Gasteiger partial charge in [0.25, 0.3) is 0 Å². The normalized spacial score (nSPS) is 11.3. The molecule has 0 aromatic heterocycles. The number of aryl methyl sites for hydroxylation is 3. The van der Waals surface area contributed by atoms with E-state index in [0.717, 1.165) is 17.5 Å². The molecule has 2 N–H and O–H groups in total. The molecule has 0 bridgehead atoms. The van der Waals surface area contributed by atoms with Crippen molar-refractivity contribution in [2.45, 2.75) is 32.1 Å². The van der Waals surface area contributed by atoms with Crippen molar-refractivity contribution in [3.05, 3.63) is 59.2 Å². The highest BCUT2D eigenvalue weighted by atomic mass is 32.2. The number of benzene rings is 2. The van der Waals surface area contributed by atoms with Crippen LogP contribution >= 0.6 is 0 Å². The smallest absolute Gasteiger partial charge is 0.241 e. The van der Waals surface area contributed by atoms with Crippen molar-refractivity contribution in [2.24, 2.45) is 0 Å². The molecule has 6 heteroatoms. The summed E-state index contributed by atoms with van der Waals surface area (Å²) >= 11 is 0. The Labute approximate surface area is 143 Å². The number of para-hydroxylation sites is 1. The molecule has 5 nitrogen and oxygen atoms in total. The van der Waals surface area contributed by atoms with Gasteiger partial charge in [-0.3, -0.25) is 4.79 Å². The van der Waals surface area contributed by atoms with Gasteiger partial charge in [-0.15, -0.1) is 0 Å². The zero-order chi connectivity index (χ0) is 17.7. The molecule has 0 spiro atoms. The van der Waals surface area contributed by atoms with Crippen molar-refractivity contribution in [1.29, 1.82) is 0 Å². The second-order valence-corrected chi connectivity index (χ2v) is 7.39. The van der Waals surface area contributed by atoms with Gasteiger partial charge >= 0.3 is 0 Å². The van der Waals surface area contributed by atoms with Crippen LogP contribution in [0.4, 0.5) is 5.69 Å². The van der Waals surface area contributed by atoms with Crippen molar-refractivity contribution >= 4 is 21.6 Å². The summed E-state index contributed by atoms with van der Waals surface area (Å²) in [5, 5.41) is 2.74. The van der Waals surface area contributed by atoms with Crippen LogP contribution in [0.15, 0.2) is 47.4 Å². The van der Waals surface area contributed by atoms with Crippen LogP contribution < -0.4 is 10.0 Å². The summed E-state index contributed by atoms with van der Waals surface area (Å²) in [7, 11) is -3.72. The van der Waals surface area contributed by atoms with Crippen LogP contribution in [-0.4, -0.2) is 20.9 Å². The number of hydrogen-bond donors (Lipinski definition) is 2. The molecule has 1 amide bonds. The van der Waals surface area contributed by atoms with Crippen molar-refractivity contribution in [3.63, 3.8) is 0 Å². The van der Waals surface area contributed by atoms with Gasteiger partial charge in [-0.1, -0.05) is 42.8 Å². The Morgan fingerprint density at radius 1 is 1.08 bits per heavy atom. The zero-order valence-corrected chi connectivity index (χ0v) is 14.9. The number of carbonyl (C=O) groups excluding carboxylic acids is 1. The summed E-state index contributed by atoms with van der Waals surface area (Å²) in [6.45, 7) is 5.32. The summed E-state index contributed by atoms with van der Waals surface area (Å²) in [4.78, 5) is 12.2. The van der Waals surface area contributed by atoms with E-state index in [1.165, 1.54) is 0 Å². The lowest BCUT2D eigenvalue weighted by Gasteiger charge is -2.12. The van der Waals surface area contributed by atoms with Gasteiger partial charge in [-0.2, -0.15) is 0 Å². The molecule has 0 aliphatic carbocycles. The Balaban J connectivity index is 2.05. The quantitative estimate of drug-likeness (QED) is 0.844. The summed E-state index contributed by atoms with van der Waals surface area (Å²) in [5.41, 5.74) is 3.35. The van der Waals surface area contributed by atoms with E-state index in [4.69, 9.17) is 0 Å². The van der Waals surface area contributed by atoms with Crippen molar-refractivity contribution in [3.8, 4) is 0 Å². The van der Waals surface area contributed by atoms with Crippen LogP contribution in [0.2, 0.25) is 0 Å². The minimum absolute atomic E-state index is 0.190. The Kier molecular flexibility index (Phi) is 5.75. The molecule has 2 aromatic rings. The maximum absolute atomic E-state index is 12.4. The third-order valence-corrected chi connectivity index (χ3v) is 5.28. The lowest BCUT2D eigenvalue weighted by atomic mass is 10.1. The maximum atomic E-state index is 12.4. The third-order valence-electron chi connectivity index (χ3n) is 3.72. The first-order valence-corrected chi connectivity index (χ1v) is 9.26. The first-order chi connectivity index (χ1) is 11.3. The van der Waals surface area contributed by atoms with E-state index in [1.807, 2.05) is 32.0 Å². The van der Waals surface area contributed by atoms with Crippen LogP contribution in [0.5, 0.6) is 0 Å². The van der Waals surface area contributed by atoms with Crippen molar-refractivity contribution in [1.82, 2.24) is 4.72 Å². The van der Waals surface area contributed by atoms with Gasteiger partial charge in [0.1, 0.15) is 0 Å². The molecule has 0 saturated carbocycles. The van der Waals surface area contributed by atoms with Crippen LogP contribution in [0.1, 0.15) is 23.6 Å². The lowest BCUT2D eigenvalue weighted by Crippen LogP contribution is -2.33. The average Bonchev–Trinajstić information content (AvgIpc) is 2.53. The second kappa shape index (κ2) is 7.59. The predicted octanol–water partition coefficient (Wildman–Crippen LogP) is 2.78. The molecule has 0 unspecified atom stereocenters. The SMILES string of the molecule is CCc1ccccc1NC(=O)CNS(=O)(=O)c1ccc(C)cc1C. The Bertz CT molecular complexity index is 845. The molecule has 2 rings (SSSR count). The van der Waals surface area contributed by atoms with Crippen LogP contribution in [-0.2, 0) is 21.2 Å². The fourth-order valence-corrected chi connectivity index (χ4v) is 3.69. The highest BCUT2D eigenvalue weighted by Crippen LogP contribution is 2.17. The van der Waals surface area contributed by atoms with E-state index >= 15 is 0 Å². The Morgan fingerprint density at radius 3 is 2.46 bits per heavy atom. The molecule has 128 valence electrons. The number of anilines is 1. The largest absolute Gasteiger partial charge is 0.325 e. The van der Waals surface area contributed by atoms with Gasteiger partial charge in [0.15, 0.2) is 0 Å². The second-order valence-electron chi connectivity index (χ2n) is 5.65. The highest BCUT2D eigenvalue weighted by Gasteiger charge is 2.18. The first-order valence-electron chi connectivity index (χ1n) is 7.78. The third kappa shape index (κ3) is 4.43. The number of nitrogens with one attached hydrogen (secondary N) is 2. The van der Waals surface area contributed by atoms with E-state index in [9.17, 15) is 13.2 Å². The fourth-order valence-electron chi connectivity index (χ4n) is 2.48. The molecule has 0 aliphatic heterocycles. The lowest BCUT2D eigenvalue weighted by molar-refractivity contribution is -0.115. The first kappa shape index (κ1) is 18.2. The molecule has 0 heterocycles. The molecule has 0 radical (unpaired) electrons. The van der Waals surface area contributed by atoms with Crippen LogP contribution in [0.3, 0.4) is 0 Å². The number of carbonyl (C=O) groups is 1. The molecular formula is C18H22N2O3S. The molecule has 0 atom stereocenters. The summed E-state index contributed by atoms with van der Waals surface area (Å²) in [6, 6.07) is 12.5. The summed E-state index contributed by atoms with van der Waals surface area (Å²) in [5.74, 6) is -0.399.